The molecule has 2 saturated heterocycles. The number of ether oxygens (including phenoxy) is 6. The van der Waals surface area contributed by atoms with E-state index in [4.69, 9.17) is 40.6 Å². The molecule has 188 valence electrons. The second-order valence-corrected chi connectivity index (χ2v) is 8.89. The summed E-state index contributed by atoms with van der Waals surface area (Å²) < 4.78 is 35.6. The van der Waals surface area contributed by atoms with Crippen LogP contribution in [0.1, 0.15) is 6.04 Å². The lowest BCUT2D eigenvalue weighted by Crippen LogP contribution is -2.45. The molecule has 4 unspecified atom stereocenters. The Bertz CT molecular complexity index is 1270. The number of methoxy groups -OCH3 is 2. The fourth-order valence-corrected chi connectivity index (χ4v) is 4.94. The zero-order valence-corrected chi connectivity index (χ0v) is 20.4. The number of rotatable bonds is 6. The van der Waals surface area contributed by atoms with Crippen LogP contribution in [-0.2, 0) is 9.47 Å². The molecule has 0 saturated carbocycles. The molecular formula is C23H24N6O6S. The molecule has 0 spiro atoms. The maximum Gasteiger partial charge on any atom is 0.231 e. The molecule has 0 amide bonds. The number of aromatic nitrogens is 4. The van der Waals surface area contributed by atoms with E-state index in [1.54, 1.807) is 25.0 Å². The van der Waals surface area contributed by atoms with Crippen LogP contribution in [-0.4, -0.2) is 77.8 Å². The molecule has 3 aliphatic rings. The Hall–Kier alpha value is -3.68. The predicted octanol–water partition coefficient (Wildman–Crippen LogP) is 1.78. The Morgan fingerprint density at radius 3 is 2.58 bits per heavy atom. The highest BCUT2D eigenvalue weighted by Crippen LogP contribution is 2.38. The van der Waals surface area contributed by atoms with Crippen LogP contribution in [0.5, 0.6) is 23.0 Å². The van der Waals surface area contributed by atoms with Gasteiger partial charge in [0.25, 0.3) is 0 Å². The summed E-state index contributed by atoms with van der Waals surface area (Å²) >= 11 is 5.55. The van der Waals surface area contributed by atoms with E-state index in [0.29, 0.717) is 47.1 Å². The lowest BCUT2D eigenvalue weighted by atomic mass is 10.1. The number of benzene rings is 2. The van der Waals surface area contributed by atoms with Gasteiger partial charge < -0.3 is 39.1 Å². The number of nitrogens with zero attached hydrogens (tertiary/aromatic N) is 4. The van der Waals surface area contributed by atoms with Crippen LogP contribution in [0.4, 0.5) is 5.69 Å². The summed E-state index contributed by atoms with van der Waals surface area (Å²) in [5, 5.41) is 19.3. The molecule has 12 nitrogen and oxygen atoms in total. The molecule has 13 heteroatoms. The quantitative estimate of drug-likeness (QED) is 0.468. The van der Waals surface area contributed by atoms with Crippen molar-refractivity contribution in [1.82, 2.24) is 25.5 Å². The highest BCUT2D eigenvalue weighted by atomic mass is 32.1. The van der Waals surface area contributed by atoms with Gasteiger partial charge in [-0.3, -0.25) is 0 Å². The number of anilines is 1. The summed E-state index contributed by atoms with van der Waals surface area (Å²) in [5.74, 6) is 3.29. The molecule has 0 bridgehead atoms. The average molecular weight is 513 g/mol. The topological polar surface area (TPSA) is 123 Å². The zero-order valence-electron chi connectivity index (χ0n) is 19.5. The van der Waals surface area contributed by atoms with E-state index in [9.17, 15) is 0 Å². The van der Waals surface area contributed by atoms with Crippen molar-refractivity contribution in [2.45, 2.75) is 24.3 Å². The Balaban J connectivity index is 1.14. The monoisotopic (exact) mass is 512 g/mol. The minimum absolute atomic E-state index is 0.141. The maximum atomic E-state index is 6.14. The second kappa shape index (κ2) is 9.41. The molecule has 4 atom stereocenters. The normalized spacial score (nSPS) is 23.8. The van der Waals surface area contributed by atoms with Gasteiger partial charge in [-0.2, -0.15) is 0 Å². The molecule has 6 rings (SSSR count). The minimum atomic E-state index is -0.238. The van der Waals surface area contributed by atoms with E-state index < -0.39 is 0 Å². The molecule has 36 heavy (non-hydrogen) atoms. The molecule has 2 N–H and O–H groups in total. The van der Waals surface area contributed by atoms with Gasteiger partial charge in [0.2, 0.25) is 6.79 Å². The van der Waals surface area contributed by atoms with Crippen molar-refractivity contribution in [3.63, 3.8) is 0 Å². The van der Waals surface area contributed by atoms with Gasteiger partial charge >= 0.3 is 0 Å². The third kappa shape index (κ3) is 4.14. The summed E-state index contributed by atoms with van der Waals surface area (Å²) in [6.07, 6.45) is -0.457. The molecule has 0 radical (unpaired) electrons. The van der Waals surface area contributed by atoms with Crippen molar-refractivity contribution in [1.29, 1.82) is 0 Å². The highest BCUT2D eigenvalue weighted by Gasteiger charge is 2.49. The van der Waals surface area contributed by atoms with Crippen molar-refractivity contribution in [2.24, 2.45) is 0 Å². The Labute approximate surface area is 211 Å². The first kappa shape index (κ1) is 22.8. The Morgan fingerprint density at radius 2 is 1.78 bits per heavy atom. The Kier molecular flexibility index (Phi) is 5.95. The van der Waals surface area contributed by atoms with Gasteiger partial charge in [0.05, 0.1) is 33.5 Å². The minimum Gasteiger partial charge on any atom is -0.497 e. The molecule has 3 aliphatic heterocycles. The van der Waals surface area contributed by atoms with Crippen LogP contribution < -0.4 is 29.6 Å². The van der Waals surface area contributed by atoms with E-state index >= 15 is 0 Å². The maximum absolute atomic E-state index is 6.14. The van der Waals surface area contributed by atoms with Crippen molar-refractivity contribution in [2.75, 3.05) is 39.5 Å². The van der Waals surface area contributed by atoms with Crippen molar-refractivity contribution in [3.8, 4) is 34.4 Å². The largest absolute Gasteiger partial charge is 0.497 e. The predicted molar refractivity (Wildman–Crippen MR) is 131 cm³/mol. The first-order chi connectivity index (χ1) is 17.6. The third-order valence-corrected chi connectivity index (χ3v) is 6.61. The summed E-state index contributed by atoms with van der Waals surface area (Å²) in [5.41, 5.74) is 1.56. The van der Waals surface area contributed by atoms with E-state index in [1.807, 2.05) is 30.3 Å². The number of tetrazole rings is 1. The molecule has 2 fully saturated rings. The van der Waals surface area contributed by atoms with Crippen LogP contribution >= 0.6 is 12.2 Å². The van der Waals surface area contributed by atoms with Crippen LogP contribution in [0.15, 0.2) is 36.4 Å². The van der Waals surface area contributed by atoms with E-state index in [-0.39, 0.29) is 31.1 Å². The second-order valence-electron chi connectivity index (χ2n) is 8.48. The van der Waals surface area contributed by atoms with Crippen LogP contribution in [0.25, 0.3) is 11.4 Å². The fourth-order valence-electron chi connectivity index (χ4n) is 4.67. The Morgan fingerprint density at radius 1 is 1.00 bits per heavy atom. The highest BCUT2D eigenvalue weighted by molar-refractivity contribution is 7.80. The van der Waals surface area contributed by atoms with Crippen molar-refractivity contribution < 1.29 is 28.4 Å². The molecule has 2 aromatic carbocycles. The summed E-state index contributed by atoms with van der Waals surface area (Å²) in [6, 6.07) is 10.8. The summed E-state index contributed by atoms with van der Waals surface area (Å²) in [4.78, 5) is 0. The standard InChI is InChI=1S/C23H24N6O6S/c1-30-14-6-13(7-15(8-14)31-2)24-23(36)25-16-9-32-21-17(10-33-20(16)21)29-22(26-27-28-29)12-3-4-18-19(5-12)35-11-34-18/h3-8,16-17,20-21H,9-11H2,1-2H3,(H2,24,25,36). The van der Waals surface area contributed by atoms with Gasteiger partial charge in [0, 0.05) is 29.4 Å². The van der Waals surface area contributed by atoms with E-state index in [1.165, 1.54) is 0 Å². The molecule has 4 heterocycles. The van der Waals surface area contributed by atoms with Crippen LogP contribution in [0.2, 0.25) is 0 Å². The van der Waals surface area contributed by atoms with Crippen molar-refractivity contribution >= 4 is 23.0 Å². The number of fused-ring (bicyclic) bond motifs is 2. The summed E-state index contributed by atoms with van der Waals surface area (Å²) in [7, 11) is 3.20. The first-order valence-corrected chi connectivity index (χ1v) is 11.8. The van der Waals surface area contributed by atoms with Gasteiger partial charge in [-0.05, 0) is 40.8 Å². The fraction of sp³-hybridized carbons (Fsp3) is 0.391. The zero-order chi connectivity index (χ0) is 24.6. The lowest BCUT2D eigenvalue weighted by molar-refractivity contribution is 0.0626. The molecular weight excluding hydrogens is 488 g/mol. The number of hydrogen-bond acceptors (Lipinski definition) is 10. The smallest absolute Gasteiger partial charge is 0.231 e. The van der Waals surface area contributed by atoms with Gasteiger partial charge in [-0.1, -0.05) is 0 Å². The van der Waals surface area contributed by atoms with E-state index in [0.717, 1.165) is 11.3 Å². The SMILES string of the molecule is COc1cc(NC(=S)NC2COC3C2OCC3n2nnnc2-c2ccc3c(c2)OCO3)cc(OC)c1. The van der Waals surface area contributed by atoms with Gasteiger partial charge in [-0.15, -0.1) is 5.10 Å². The molecule has 0 aliphatic carbocycles. The van der Waals surface area contributed by atoms with Gasteiger partial charge in [-0.25, -0.2) is 4.68 Å². The van der Waals surface area contributed by atoms with Crippen LogP contribution in [0, 0.1) is 0 Å². The van der Waals surface area contributed by atoms with Gasteiger partial charge in [0.1, 0.15) is 29.7 Å². The lowest BCUT2D eigenvalue weighted by Gasteiger charge is -2.20. The van der Waals surface area contributed by atoms with E-state index in [2.05, 4.69) is 26.2 Å². The number of nitrogens with one attached hydrogen (secondary N) is 2. The molecule has 3 aromatic rings. The first-order valence-electron chi connectivity index (χ1n) is 11.3. The number of hydrogen-bond donors (Lipinski definition) is 2. The number of thiocarbonyl (C=S) groups is 1. The molecule has 1 aromatic heterocycles. The third-order valence-electron chi connectivity index (χ3n) is 6.39. The average Bonchev–Trinajstić information content (AvgIpc) is 3.68. The van der Waals surface area contributed by atoms with Crippen molar-refractivity contribution in [3.05, 3.63) is 36.4 Å². The van der Waals surface area contributed by atoms with Gasteiger partial charge in [0.15, 0.2) is 22.4 Å². The summed E-state index contributed by atoms with van der Waals surface area (Å²) in [6.45, 7) is 1.04. The van der Waals surface area contributed by atoms with Crippen LogP contribution in [0.3, 0.4) is 0 Å².